The average molecular weight is 426 g/mol. The van der Waals surface area contributed by atoms with Crippen LogP contribution in [0.3, 0.4) is 0 Å². The summed E-state index contributed by atoms with van der Waals surface area (Å²) in [5.41, 5.74) is 2.40. The summed E-state index contributed by atoms with van der Waals surface area (Å²) in [4.78, 5) is 14.8. The standard InChI is InChI=1S/C23H24F2N4O2/c24-16-3-4-20(25)18(10-16)21-2-1-7-28(21)17-5-8-29-22(11-17)19(13-27-29)23(30)26-12-15-6-9-31-14-15/h3-5,8,10-11,13,15,21H,1-2,6-7,9,12,14H2,(H,26,30). The van der Waals surface area contributed by atoms with Crippen LogP contribution in [0.2, 0.25) is 0 Å². The lowest BCUT2D eigenvalue weighted by Gasteiger charge is -2.27. The number of hydrogen-bond donors (Lipinski definition) is 1. The number of ether oxygens (including phenoxy) is 1. The number of fused-ring (bicyclic) bond motifs is 1. The largest absolute Gasteiger partial charge is 0.381 e. The molecule has 0 radical (unpaired) electrons. The number of nitrogens with zero attached hydrogens (tertiary/aromatic N) is 3. The van der Waals surface area contributed by atoms with E-state index in [4.69, 9.17) is 4.74 Å². The molecular weight excluding hydrogens is 402 g/mol. The predicted molar refractivity (Wildman–Crippen MR) is 112 cm³/mol. The normalized spacial score (nSPS) is 21.2. The topological polar surface area (TPSA) is 58.9 Å². The van der Waals surface area contributed by atoms with E-state index in [1.54, 1.807) is 16.9 Å². The molecule has 2 unspecified atom stereocenters. The second-order valence-electron chi connectivity index (χ2n) is 8.23. The Morgan fingerprint density at radius 3 is 2.97 bits per heavy atom. The van der Waals surface area contributed by atoms with Gasteiger partial charge in [0, 0.05) is 43.1 Å². The monoisotopic (exact) mass is 426 g/mol. The Morgan fingerprint density at radius 1 is 1.23 bits per heavy atom. The summed E-state index contributed by atoms with van der Waals surface area (Å²) in [6, 6.07) is 7.14. The molecule has 6 nitrogen and oxygen atoms in total. The zero-order chi connectivity index (χ0) is 21.4. The van der Waals surface area contributed by atoms with Gasteiger partial charge in [0.25, 0.3) is 5.91 Å². The number of amides is 1. The molecule has 2 saturated heterocycles. The first-order chi connectivity index (χ1) is 15.1. The zero-order valence-electron chi connectivity index (χ0n) is 17.1. The fourth-order valence-electron chi connectivity index (χ4n) is 4.57. The highest BCUT2D eigenvalue weighted by molar-refractivity contribution is 6.01. The first-order valence-corrected chi connectivity index (χ1v) is 10.6. The predicted octanol–water partition coefficient (Wildman–Crippen LogP) is 3.72. The van der Waals surface area contributed by atoms with E-state index in [9.17, 15) is 13.6 Å². The first-order valence-electron chi connectivity index (χ1n) is 10.6. The van der Waals surface area contributed by atoms with Crippen LogP contribution in [0.1, 0.15) is 41.2 Å². The van der Waals surface area contributed by atoms with Crippen LogP contribution in [0.25, 0.3) is 5.52 Å². The summed E-state index contributed by atoms with van der Waals surface area (Å²) in [7, 11) is 0. The Morgan fingerprint density at radius 2 is 2.13 bits per heavy atom. The van der Waals surface area contributed by atoms with Gasteiger partial charge in [-0.1, -0.05) is 0 Å². The van der Waals surface area contributed by atoms with E-state index in [1.165, 1.54) is 12.1 Å². The van der Waals surface area contributed by atoms with Gasteiger partial charge in [-0.05, 0) is 49.6 Å². The van der Waals surface area contributed by atoms with Crippen LogP contribution in [0.15, 0.2) is 42.7 Å². The number of carbonyl (C=O) groups excluding carboxylic acids is 1. The van der Waals surface area contributed by atoms with E-state index in [0.29, 0.717) is 35.7 Å². The van der Waals surface area contributed by atoms with Gasteiger partial charge in [0.1, 0.15) is 11.6 Å². The van der Waals surface area contributed by atoms with E-state index in [-0.39, 0.29) is 11.9 Å². The van der Waals surface area contributed by atoms with E-state index < -0.39 is 11.6 Å². The second kappa shape index (κ2) is 8.26. The Bertz CT molecular complexity index is 1110. The molecule has 0 bridgehead atoms. The summed E-state index contributed by atoms with van der Waals surface area (Å²) in [6.45, 7) is 2.72. The van der Waals surface area contributed by atoms with E-state index in [0.717, 1.165) is 44.2 Å². The van der Waals surface area contributed by atoms with Crippen molar-refractivity contribution in [2.75, 3.05) is 31.2 Å². The molecule has 162 valence electrons. The number of aromatic nitrogens is 2. The maximum Gasteiger partial charge on any atom is 0.255 e. The molecule has 2 aromatic heterocycles. The molecule has 1 aromatic carbocycles. The van der Waals surface area contributed by atoms with Gasteiger partial charge in [-0.15, -0.1) is 0 Å². The minimum Gasteiger partial charge on any atom is -0.381 e. The van der Waals surface area contributed by atoms with Crippen molar-refractivity contribution in [2.45, 2.75) is 25.3 Å². The lowest BCUT2D eigenvalue weighted by molar-refractivity contribution is 0.0946. The van der Waals surface area contributed by atoms with Crippen LogP contribution in [-0.2, 0) is 4.74 Å². The molecule has 5 rings (SSSR count). The number of carbonyl (C=O) groups is 1. The fourth-order valence-corrected chi connectivity index (χ4v) is 4.57. The minimum absolute atomic E-state index is 0.173. The van der Waals surface area contributed by atoms with Crippen LogP contribution in [0, 0.1) is 17.6 Å². The summed E-state index contributed by atoms with van der Waals surface area (Å²) in [6.07, 6.45) is 5.92. The smallest absolute Gasteiger partial charge is 0.255 e. The van der Waals surface area contributed by atoms with E-state index in [2.05, 4.69) is 15.3 Å². The summed E-state index contributed by atoms with van der Waals surface area (Å²) < 4.78 is 35.2. The van der Waals surface area contributed by atoms with Crippen molar-refractivity contribution < 1.29 is 18.3 Å². The average Bonchev–Trinajstić information content (AvgIpc) is 3.53. The molecule has 2 aliphatic heterocycles. The lowest BCUT2D eigenvalue weighted by atomic mass is 10.0. The van der Waals surface area contributed by atoms with Crippen molar-refractivity contribution in [1.29, 1.82) is 0 Å². The van der Waals surface area contributed by atoms with E-state index in [1.807, 2.05) is 12.1 Å². The molecule has 8 heteroatoms. The number of pyridine rings is 1. The van der Waals surface area contributed by atoms with Gasteiger partial charge < -0.3 is 15.0 Å². The molecule has 0 spiro atoms. The van der Waals surface area contributed by atoms with Gasteiger partial charge >= 0.3 is 0 Å². The van der Waals surface area contributed by atoms with Crippen LogP contribution < -0.4 is 10.2 Å². The molecule has 0 aliphatic carbocycles. The molecule has 1 N–H and O–H groups in total. The van der Waals surface area contributed by atoms with Crippen molar-refractivity contribution in [3.8, 4) is 0 Å². The second-order valence-corrected chi connectivity index (χ2v) is 8.23. The van der Waals surface area contributed by atoms with Crippen molar-refractivity contribution in [3.63, 3.8) is 0 Å². The first kappa shape index (κ1) is 19.9. The molecule has 3 aromatic rings. The van der Waals surface area contributed by atoms with Gasteiger partial charge in [-0.3, -0.25) is 4.79 Å². The summed E-state index contributed by atoms with van der Waals surface area (Å²) >= 11 is 0. The Balaban J connectivity index is 1.41. The maximum atomic E-state index is 14.4. The van der Waals surface area contributed by atoms with Crippen molar-refractivity contribution in [1.82, 2.24) is 14.9 Å². The Hall–Kier alpha value is -3.00. The van der Waals surface area contributed by atoms with Crippen molar-refractivity contribution in [2.24, 2.45) is 5.92 Å². The SMILES string of the molecule is O=C(NCC1CCOC1)c1cnn2ccc(N3CCCC3c3cc(F)ccc3F)cc12. The molecule has 2 atom stereocenters. The Kier molecular flexibility index (Phi) is 5.31. The van der Waals surface area contributed by atoms with Gasteiger partial charge in [0.2, 0.25) is 0 Å². The van der Waals surface area contributed by atoms with Crippen molar-refractivity contribution >= 4 is 17.1 Å². The van der Waals surface area contributed by atoms with Crippen LogP contribution in [0.5, 0.6) is 0 Å². The summed E-state index contributed by atoms with van der Waals surface area (Å²) in [5.74, 6) is -0.679. The summed E-state index contributed by atoms with van der Waals surface area (Å²) in [5, 5.41) is 7.27. The number of halogens is 2. The maximum absolute atomic E-state index is 14.4. The van der Waals surface area contributed by atoms with Crippen LogP contribution in [-0.4, -0.2) is 41.8 Å². The molecule has 1 amide bonds. The third-order valence-corrected chi connectivity index (χ3v) is 6.23. The quantitative estimate of drug-likeness (QED) is 0.676. The number of hydrogen-bond acceptors (Lipinski definition) is 4. The third-order valence-electron chi connectivity index (χ3n) is 6.23. The van der Waals surface area contributed by atoms with Crippen molar-refractivity contribution in [3.05, 3.63) is 65.5 Å². The molecule has 2 aliphatic rings. The molecule has 4 heterocycles. The highest BCUT2D eigenvalue weighted by Gasteiger charge is 2.29. The van der Waals surface area contributed by atoms with Gasteiger partial charge in [-0.25, -0.2) is 13.3 Å². The number of rotatable bonds is 5. The Labute approximate surface area is 178 Å². The number of nitrogens with one attached hydrogen (secondary N) is 1. The molecule has 31 heavy (non-hydrogen) atoms. The number of anilines is 1. The number of benzene rings is 1. The fraction of sp³-hybridized carbons (Fsp3) is 0.391. The van der Waals surface area contributed by atoms with Gasteiger partial charge in [0.15, 0.2) is 0 Å². The minimum atomic E-state index is -0.443. The highest BCUT2D eigenvalue weighted by Crippen LogP contribution is 2.38. The molecular formula is C23H24F2N4O2. The zero-order valence-corrected chi connectivity index (χ0v) is 17.1. The third kappa shape index (κ3) is 3.87. The lowest BCUT2D eigenvalue weighted by Crippen LogP contribution is -2.29. The van der Waals surface area contributed by atoms with E-state index >= 15 is 0 Å². The van der Waals surface area contributed by atoms with Gasteiger partial charge in [-0.2, -0.15) is 5.10 Å². The van der Waals surface area contributed by atoms with Gasteiger partial charge in [0.05, 0.1) is 29.9 Å². The van der Waals surface area contributed by atoms with Crippen LogP contribution in [0.4, 0.5) is 14.5 Å². The highest BCUT2D eigenvalue weighted by atomic mass is 19.1. The molecule has 2 fully saturated rings. The molecule has 0 saturated carbocycles. The van der Waals surface area contributed by atoms with Crippen LogP contribution >= 0.6 is 0 Å².